The van der Waals surface area contributed by atoms with E-state index in [1.807, 2.05) is 18.2 Å². The van der Waals surface area contributed by atoms with E-state index in [1.54, 1.807) is 23.1 Å². The Labute approximate surface area is 155 Å². The lowest BCUT2D eigenvalue weighted by Gasteiger charge is -2.36. The molecule has 0 unspecified atom stereocenters. The highest BCUT2D eigenvalue weighted by molar-refractivity contribution is 7.98. The van der Waals surface area contributed by atoms with Crippen LogP contribution in [0.2, 0.25) is 5.02 Å². The third kappa shape index (κ3) is 3.08. The molecular weight excluding hydrogens is 358 g/mol. The molecule has 6 heteroatoms. The first-order chi connectivity index (χ1) is 11.7. The number of hydrogen-bond donors (Lipinski definition) is 0. The summed E-state index contributed by atoms with van der Waals surface area (Å²) in [6.45, 7) is 3.96. The third-order valence-corrected chi connectivity index (χ3v) is 6.40. The van der Waals surface area contributed by atoms with Crippen molar-refractivity contribution in [3.8, 4) is 0 Å². The van der Waals surface area contributed by atoms with Crippen molar-refractivity contribution in [2.75, 3.05) is 42.2 Å². The smallest absolute Gasteiger partial charge is 0.186 e. The van der Waals surface area contributed by atoms with Crippen LogP contribution in [0.3, 0.4) is 0 Å². The number of thiazole rings is 1. The van der Waals surface area contributed by atoms with Gasteiger partial charge >= 0.3 is 0 Å². The molecule has 4 rings (SSSR count). The first-order valence-electron chi connectivity index (χ1n) is 7.93. The number of benzene rings is 2. The molecule has 1 aromatic heterocycles. The Morgan fingerprint density at radius 2 is 1.79 bits per heavy atom. The molecule has 0 bridgehead atoms. The van der Waals surface area contributed by atoms with E-state index < -0.39 is 0 Å². The molecule has 0 amide bonds. The van der Waals surface area contributed by atoms with Crippen LogP contribution in [-0.4, -0.2) is 37.4 Å². The van der Waals surface area contributed by atoms with Crippen molar-refractivity contribution in [3.05, 3.63) is 47.5 Å². The van der Waals surface area contributed by atoms with Gasteiger partial charge in [-0.1, -0.05) is 35.1 Å². The Hall–Kier alpha value is -1.43. The van der Waals surface area contributed by atoms with Gasteiger partial charge in [0.05, 0.1) is 10.2 Å². The zero-order valence-electron chi connectivity index (χ0n) is 13.4. The van der Waals surface area contributed by atoms with Crippen LogP contribution in [-0.2, 0) is 0 Å². The van der Waals surface area contributed by atoms with Crippen LogP contribution in [0.4, 0.5) is 10.8 Å². The molecule has 1 fully saturated rings. The highest BCUT2D eigenvalue weighted by atomic mass is 35.5. The molecule has 0 radical (unpaired) electrons. The number of nitrogens with zero attached hydrogens (tertiary/aromatic N) is 3. The molecule has 2 aromatic carbocycles. The van der Waals surface area contributed by atoms with E-state index >= 15 is 0 Å². The second-order valence-corrected chi connectivity index (χ2v) is 8.05. The predicted octanol–water partition coefficient (Wildman–Crippen LogP) is 5.00. The molecule has 3 nitrogen and oxygen atoms in total. The Kier molecular flexibility index (Phi) is 4.57. The van der Waals surface area contributed by atoms with Crippen LogP contribution in [0.25, 0.3) is 10.2 Å². The van der Waals surface area contributed by atoms with Gasteiger partial charge in [-0.25, -0.2) is 4.98 Å². The Bertz CT molecular complexity index is 856. The van der Waals surface area contributed by atoms with Gasteiger partial charge in [0, 0.05) is 41.8 Å². The normalized spacial score (nSPS) is 15.2. The summed E-state index contributed by atoms with van der Waals surface area (Å²) in [5.41, 5.74) is 2.35. The quantitative estimate of drug-likeness (QED) is 0.600. The van der Waals surface area contributed by atoms with Crippen molar-refractivity contribution < 1.29 is 0 Å². The van der Waals surface area contributed by atoms with Crippen LogP contribution in [0, 0.1) is 0 Å². The van der Waals surface area contributed by atoms with Crippen LogP contribution >= 0.6 is 34.7 Å². The van der Waals surface area contributed by atoms with Gasteiger partial charge < -0.3 is 9.80 Å². The van der Waals surface area contributed by atoms with E-state index in [0.717, 1.165) is 41.8 Å². The Morgan fingerprint density at radius 3 is 2.54 bits per heavy atom. The predicted molar refractivity (Wildman–Crippen MR) is 107 cm³/mol. The van der Waals surface area contributed by atoms with Crippen LogP contribution in [0.15, 0.2) is 47.4 Å². The SMILES string of the molecule is CSc1cccc2sc(N3CCN(c4cccc(Cl)c4)CC3)nc12. The van der Waals surface area contributed by atoms with Crippen LogP contribution < -0.4 is 9.80 Å². The van der Waals surface area contributed by atoms with E-state index in [0.29, 0.717) is 0 Å². The summed E-state index contributed by atoms with van der Waals surface area (Å²) in [4.78, 5) is 11.0. The van der Waals surface area contributed by atoms with Gasteiger partial charge in [-0.2, -0.15) is 0 Å². The minimum Gasteiger partial charge on any atom is -0.368 e. The Morgan fingerprint density at radius 1 is 1.04 bits per heavy atom. The van der Waals surface area contributed by atoms with Crippen molar-refractivity contribution in [2.24, 2.45) is 0 Å². The Balaban J connectivity index is 1.52. The molecule has 0 atom stereocenters. The fourth-order valence-corrected chi connectivity index (χ4v) is 4.90. The molecular formula is C18H18ClN3S2. The number of hydrogen-bond acceptors (Lipinski definition) is 5. The number of para-hydroxylation sites is 1. The highest BCUT2D eigenvalue weighted by Gasteiger charge is 2.20. The lowest BCUT2D eigenvalue weighted by molar-refractivity contribution is 0.652. The number of halogens is 1. The average molecular weight is 376 g/mol. The van der Waals surface area contributed by atoms with Gasteiger partial charge in [-0.05, 0) is 36.6 Å². The number of anilines is 2. The van der Waals surface area contributed by atoms with Crippen LogP contribution in [0.1, 0.15) is 0 Å². The van der Waals surface area contributed by atoms with E-state index in [9.17, 15) is 0 Å². The molecule has 0 spiro atoms. The summed E-state index contributed by atoms with van der Waals surface area (Å²) in [5.74, 6) is 0. The minimum absolute atomic E-state index is 0.797. The van der Waals surface area contributed by atoms with E-state index in [-0.39, 0.29) is 0 Å². The fourth-order valence-electron chi connectivity index (χ4n) is 3.04. The molecule has 0 aliphatic carbocycles. The van der Waals surface area contributed by atoms with Crippen molar-refractivity contribution in [3.63, 3.8) is 0 Å². The van der Waals surface area contributed by atoms with Crippen molar-refractivity contribution >= 4 is 55.7 Å². The second-order valence-electron chi connectivity index (χ2n) is 5.76. The molecule has 0 N–H and O–H groups in total. The summed E-state index contributed by atoms with van der Waals surface area (Å²) < 4.78 is 1.27. The van der Waals surface area contributed by atoms with Crippen molar-refractivity contribution in [1.82, 2.24) is 4.98 Å². The van der Waals surface area contributed by atoms with Crippen molar-refractivity contribution in [2.45, 2.75) is 4.90 Å². The summed E-state index contributed by atoms with van der Waals surface area (Å²) >= 11 is 9.67. The maximum Gasteiger partial charge on any atom is 0.186 e. The standard InChI is InChI=1S/C18H18ClN3S2/c1-23-15-6-3-7-16-17(15)20-18(24-16)22-10-8-21(9-11-22)14-5-2-4-13(19)12-14/h2-7,12H,8-11H2,1H3. The number of thioether (sulfide) groups is 1. The van der Waals surface area contributed by atoms with Gasteiger partial charge in [-0.15, -0.1) is 11.8 Å². The van der Waals surface area contributed by atoms with E-state index in [4.69, 9.17) is 16.6 Å². The first kappa shape index (κ1) is 16.1. The zero-order valence-corrected chi connectivity index (χ0v) is 15.8. The topological polar surface area (TPSA) is 19.4 Å². The summed E-state index contributed by atoms with van der Waals surface area (Å²) in [5, 5.41) is 1.93. The van der Waals surface area contributed by atoms with Gasteiger partial charge in [0.1, 0.15) is 0 Å². The minimum atomic E-state index is 0.797. The summed E-state index contributed by atoms with van der Waals surface area (Å²) in [6, 6.07) is 14.5. The maximum atomic E-state index is 6.11. The largest absolute Gasteiger partial charge is 0.368 e. The monoisotopic (exact) mass is 375 g/mol. The van der Waals surface area contributed by atoms with Gasteiger partial charge in [0.15, 0.2) is 5.13 Å². The molecule has 3 aromatic rings. The van der Waals surface area contributed by atoms with E-state index in [1.165, 1.54) is 15.3 Å². The van der Waals surface area contributed by atoms with Gasteiger partial charge in [0.2, 0.25) is 0 Å². The number of aromatic nitrogens is 1. The lowest BCUT2D eigenvalue weighted by atomic mass is 10.2. The second kappa shape index (κ2) is 6.82. The number of rotatable bonds is 3. The molecule has 1 aliphatic heterocycles. The number of fused-ring (bicyclic) bond motifs is 1. The summed E-state index contributed by atoms with van der Waals surface area (Å²) in [6.07, 6.45) is 2.11. The van der Waals surface area contributed by atoms with Gasteiger partial charge in [0.25, 0.3) is 0 Å². The molecule has 1 aliphatic rings. The van der Waals surface area contributed by atoms with E-state index in [2.05, 4.69) is 40.3 Å². The van der Waals surface area contributed by atoms with Crippen molar-refractivity contribution in [1.29, 1.82) is 0 Å². The zero-order chi connectivity index (χ0) is 16.5. The highest BCUT2D eigenvalue weighted by Crippen LogP contribution is 2.34. The summed E-state index contributed by atoms with van der Waals surface area (Å²) in [7, 11) is 0. The van der Waals surface area contributed by atoms with Gasteiger partial charge in [-0.3, -0.25) is 0 Å². The molecule has 124 valence electrons. The third-order valence-electron chi connectivity index (χ3n) is 4.31. The first-order valence-corrected chi connectivity index (χ1v) is 10.4. The maximum absolute atomic E-state index is 6.11. The van der Waals surface area contributed by atoms with Crippen LogP contribution in [0.5, 0.6) is 0 Å². The number of piperazine rings is 1. The molecule has 1 saturated heterocycles. The molecule has 0 saturated carbocycles. The molecule has 2 heterocycles. The lowest BCUT2D eigenvalue weighted by Crippen LogP contribution is -2.46. The fraction of sp³-hybridized carbons (Fsp3) is 0.278. The average Bonchev–Trinajstić information content (AvgIpc) is 3.06. The molecule has 24 heavy (non-hydrogen) atoms.